The number of pyridine rings is 1. The molecule has 2 aromatic heterocycles. The summed E-state index contributed by atoms with van der Waals surface area (Å²) in [6.45, 7) is 0. The van der Waals surface area contributed by atoms with Gasteiger partial charge in [-0.25, -0.2) is 4.98 Å². The lowest BCUT2D eigenvalue weighted by atomic mass is 9.70. The van der Waals surface area contributed by atoms with Crippen molar-refractivity contribution in [2.45, 2.75) is 5.41 Å². The Morgan fingerprint density at radius 3 is 1.10 bits per heavy atom. The molecule has 0 saturated carbocycles. The van der Waals surface area contributed by atoms with Gasteiger partial charge in [-0.1, -0.05) is 237 Å². The highest BCUT2D eigenvalue weighted by atomic mass is 32.1. The van der Waals surface area contributed by atoms with E-state index < -0.39 is 0 Å². The highest BCUT2D eigenvalue weighted by Gasteiger charge is 2.51. The molecule has 0 bridgehead atoms. The van der Waals surface area contributed by atoms with Gasteiger partial charge in [0.05, 0.1) is 11.1 Å². The van der Waals surface area contributed by atoms with E-state index in [0.717, 1.165) is 21.7 Å². The van der Waals surface area contributed by atoms with Crippen LogP contribution >= 0.6 is 11.3 Å². The Kier molecular flexibility index (Phi) is 10.7. The minimum absolute atomic E-state index is 0.341. The number of nitrogens with zero attached hydrogens (tertiary/aromatic N) is 1. The van der Waals surface area contributed by atoms with Crippen LogP contribution < -0.4 is 0 Å². The molecule has 0 N–H and O–H groups in total. The van der Waals surface area contributed by atoms with Crippen molar-refractivity contribution in [2.24, 2.45) is 0 Å². The molecule has 16 rings (SSSR count). The lowest BCUT2D eigenvalue weighted by molar-refractivity contribution is 0.794. The molecule has 80 heavy (non-hydrogen) atoms. The summed E-state index contributed by atoms with van der Waals surface area (Å²) in [5.41, 5.74) is 29.2. The van der Waals surface area contributed by atoms with Crippen LogP contribution in [0.15, 0.2) is 297 Å². The maximum absolute atomic E-state index is 5.36. The van der Waals surface area contributed by atoms with Crippen LogP contribution in [0.25, 0.3) is 132 Å². The topological polar surface area (TPSA) is 12.9 Å². The van der Waals surface area contributed by atoms with Crippen LogP contribution in [-0.2, 0) is 5.41 Å². The number of fused-ring (bicyclic) bond motifs is 13. The highest BCUT2D eigenvalue weighted by molar-refractivity contribution is 7.26. The minimum Gasteiger partial charge on any atom is -0.237 e. The van der Waals surface area contributed by atoms with Gasteiger partial charge >= 0.3 is 0 Å². The summed E-state index contributed by atoms with van der Waals surface area (Å²) in [5.74, 6) is 0. The zero-order valence-electron chi connectivity index (χ0n) is 43.6. The molecule has 0 radical (unpaired) electrons. The van der Waals surface area contributed by atoms with Crippen molar-refractivity contribution in [2.75, 3.05) is 0 Å². The highest BCUT2D eigenvalue weighted by Crippen LogP contribution is 2.63. The first kappa shape index (κ1) is 46.1. The molecule has 372 valence electrons. The number of benzene rings is 12. The Labute approximate surface area is 470 Å². The van der Waals surface area contributed by atoms with Gasteiger partial charge in [0, 0.05) is 26.6 Å². The largest absolute Gasteiger partial charge is 0.237 e. The normalized spacial score (nSPS) is 12.6. The third kappa shape index (κ3) is 7.41. The zero-order valence-corrected chi connectivity index (χ0v) is 44.5. The van der Waals surface area contributed by atoms with Crippen LogP contribution in [0.1, 0.15) is 22.3 Å². The van der Waals surface area contributed by atoms with Crippen LogP contribution in [-0.4, -0.2) is 4.98 Å². The van der Waals surface area contributed by atoms with E-state index in [2.05, 4.69) is 297 Å². The molecule has 12 aromatic carbocycles. The Morgan fingerprint density at radius 1 is 0.225 bits per heavy atom. The third-order valence-corrected chi connectivity index (χ3v) is 18.1. The summed E-state index contributed by atoms with van der Waals surface area (Å²) in [6, 6.07) is 110. The Bertz CT molecular complexity index is 4730. The van der Waals surface area contributed by atoms with Crippen molar-refractivity contribution in [1.29, 1.82) is 0 Å². The first-order chi connectivity index (χ1) is 39.6. The molecular formula is C78H49NS. The lowest BCUT2D eigenvalue weighted by Gasteiger charge is -2.30. The standard InChI is InChI=1S/C78H49NS/c1-3-18-50(19-4-1)63-48-68(51-20-5-2-6-21-51)76-70(49-63)67-39-41-75(79-77(67)80-76)62-31-17-30-60(46-62)58-28-15-26-56(44-58)54-24-13-22-52(42-54)53-23-14-25-55(43-53)57-27-16-29-59(45-57)61-38-40-74-69(47-61)66-34-9-12-37-73(66)78(74)71-35-10-7-32-64(71)65-33-8-11-36-72(65)78/h1-49H. The fourth-order valence-electron chi connectivity index (χ4n) is 13.2. The van der Waals surface area contributed by atoms with Crippen LogP contribution in [0.3, 0.4) is 0 Å². The van der Waals surface area contributed by atoms with E-state index >= 15 is 0 Å². The predicted octanol–water partition coefficient (Wildman–Crippen LogP) is 21.1. The molecule has 14 aromatic rings. The molecule has 2 heteroatoms. The molecule has 2 aliphatic rings. The lowest BCUT2D eigenvalue weighted by Crippen LogP contribution is -2.25. The Morgan fingerprint density at radius 2 is 0.600 bits per heavy atom. The van der Waals surface area contributed by atoms with E-state index in [1.165, 1.54) is 132 Å². The van der Waals surface area contributed by atoms with Crippen molar-refractivity contribution in [3.63, 3.8) is 0 Å². The Balaban J connectivity index is 0.689. The summed E-state index contributed by atoms with van der Waals surface area (Å²) >= 11 is 1.78. The molecule has 0 unspecified atom stereocenters. The molecular weight excluding hydrogens is 983 g/mol. The molecule has 0 atom stereocenters. The van der Waals surface area contributed by atoms with Gasteiger partial charge in [-0.05, 0) is 177 Å². The monoisotopic (exact) mass is 1030 g/mol. The maximum atomic E-state index is 5.36. The number of hydrogen-bond donors (Lipinski definition) is 0. The second-order valence-corrected chi connectivity index (χ2v) is 22.3. The predicted molar refractivity (Wildman–Crippen MR) is 337 cm³/mol. The fourth-order valence-corrected chi connectivity index (χ4v) is 14.4. The first-order valence-electron chi connectivity index (χ1n) is 27.6. The van der Waals surface area contributed by atoms with Crippen molar-refractivity contribution in [1.82, 2.24) is 4.98 Å². The molecule has 1 nitrogen and oxygen atoms in total. The van der Waals surface area contributed by atoms with Crippen LogP contribution in [0, 0.1) is 0 Å². The average molecular weight is 1030 g/mol. The van der Waals surface area contributed by atoms with Gasteiger partial charge in [0.15, 0.2) is 0 Å². The van der Waals surface area contributed by atoms with E-state index in [0.29, 0.717) is 0 Å². The van der Waals surface area contributed by atoms with Gasteiger partial charge in [0.25, 0.3) is 0 Å². The fraction of sp³-hybridized carbons (Fsp3) is 0.0128. The van der Waals surface area contributed by atoms with Gasteiger partial charge in [-0.15, -0.1) is 11.3 Å². The SMILES string of the molecule is c1ccc(-c2cc(-c3ccccc3)c3sc4nc(-c5cccc(-c6cccc(-c7cccc(-c8cccc(-c9cccc(-c%10ccc%11c(c%10)-c%10ccccc%10C%11%10c%11ccccc%11-c%11ccccc%11%10)c9)c8)c7)c6)c5)ccc4c3c2)cc1. The van der Waals surface area contributed by atoms with E-state index in [1.54, 1.807) is 11.3 Å². The average Bonchev–Trinajstić information content (AvgIpc) is 4.32. The van der Waals surface area contributed by atoms with E-state index in [4.69, 9.17) is 4.98 Å². The summed E-state index contributed by atoms with van der Waals surface area (Å²) < 4.78 is 1.26. The third-order valence-electron chi connectivity index (χ3n) is 16.9. The molecule has 1 spiro atoms. The molecule has 0 aliphatic heterocycles. The Hall–Kier alpha value is -9.99. The summed E-state index contributed by atoms with van der Waals surface area (Å²) in [4.78, 5) is 6.41. The van der Waals surface area contributed by atoms with E-state index in [9.17, 15) is 0 Å². The first-order valence-corrected chi connectivity index (χ1v) is 28.4. The summed E-state index contributed by atoms with van der Waals surface area (Å²) in [6.07, 6.45) is 0. The van der Waals surface area contributed by atoms with Crippen LogP contribution in [0.4, 0.5) is 0 Å². The van der Waals surface area contributed by atoms with Gasteiger partial charge in [-0.2, -0.15) is 0 Å². The van der Waals surface area contributed by atoms with Gasteiger partial charge in [0.2, 0.25) is 0 Å². The molecule has 2 heterocycles. The van der Waals surface area contributed by atoms with E-state index in [1.807, 2.05) is 0 Å². The minimum atomic E-state index is -0.341. The van der Waals surface area contributed by atoms with Gasteiger partial charge in [-0.3, -0.25) is 0 Å². The van der Waals surface area contributed by atoms with E-state index in [-0.39, 0.29) is 5.41 Å². The molecule has 2 aliphatic carbocycles. The van der Waals surface area contributed by atoms with Crippen molar-refractivity contribution >= 4 is 31.6 Å². The quantitative estimate of drug-likeness (QED) is 0.148. The maximum Gasteiger partial charge on any atom is 0.125 e. The van der Waals surface area contributed by atoms with Gasteiger partial charge < -0.3 is 0 Å². The molecule has 0 amide bonds. The second-order valence-electron chi connectivity index (χ2n) is 21.3. The second kappa shape index (κ2) is 18.6. The summed E-state index contributed by atoms with van der Waals surface area (Å²) in [7, 11) is 0. The molecule has 0 fully saturated rings. The van der Waals surface area contributed by atoms with Crippen molar-refractivity contribution < 1.29 is 0 Å². The smallest absolute Gasteiger partial charge is 0.125 e. The van der Waals surface area contributed by atoms with Gasteiger partial charge in [0.1, 0.15) is 4.83 Å². The summed E-state index contributed by atoms with van der Waals surface area (Å²) in [5, 5.41) is 2.43. The number of hydrogen-bond acceptors (Lipinski definition) is 2. The zero-order chi connectivity index (χ0) is 52.7. The van der Waals surface area contributed by atoms with Crippen LogP contribution in [0.5, 0.6) is 0 Å². The van der Waals surface area contributed by atoms with Crippen molar-refractivity contribution in [3.8, 4) is 111 Å². The number of aromatic nitrogens is 1. The van der Waals surface area contributed by atoms with Crippen molar-refractivity contribution in [3.05, 3.63) is 320 Å². The molecule has 0 saturated heterocycles. The number of rotatable bonds is 8. The van der Waals surface area contributed by atoms with Crippen LogP contribution in [0.2, 0.25) is 0 Å². The number of thiophene rings is 1.